The molecule has 116 valence electrons. The second-order valence-corrected chi connectivity index (χ2v) is 6.65. The number of benzene rings is 1. The van der Waals surface area contributed by atoms with E-state index in [1.165, 1.54) is 18.2 Å². The summed E-state index contributed by atoms with van der Waals surface area (Å²) in [6, 6.07) is 5.79. The molecule has 0 aromatic heterocycles. The second-order valence-electron chi connectivity index (χ2n) is 3.73. The lowest BCUT2D eigenvalue weighted by Gasteiger charge is -2.08. The van der Waals surface area contributed by atoms with Gasteiger partial charge in [0.25, 0.3) is 0 Å². The molecule has 1 aromatic rings. The van der Waals surface area contributed by atoms with Gasteiger partial charge in [0, 0.05) is 17.9 Å². The largest absolute Gasteiger partial charge is 0.441 e. The first-order valence-corrected chi connectivity index (χ1v) is 8.21. The smallest absolute Gasteiger partial charge is 0.320 e. The molecule has 9 heteroatoms. The van der Waals surface area contributed by atoms with E-state index in [1.807, 2.05) is 0 Å². The molecule has 0 aliphatic heterocycles. The maximum Gasteiger partial charge on any atom is 0.441 e. The van der Waals surface area contributed by atoms with Crippen molar-refractivity contribution >= 4 is 21.8 Å². The Morgan fingerprint density at radius 2 is 2.05 bits per heavy atom. The van der Waals surface area contributed by atoms with E-state index in [1.54, 1.807) is 6.07 Å². The van der Waals surface area contributed by atoms with Gasteiger partial charge in [-0.2, -0.15) is 13.2 Å². The minimum atomic E-state index is -4.37. The summed E-state index contributed by atoms with van der Waals surface area (Å²) >= 11 is -0.279. The summed E-state index contributed by atoms with van der Waals surface area (Å²) in [6.45, 7) is -0.172. The first kappa shape index (κ1) is 17.8. The number of rotatable bonds is 5. The van der Waals surface area contributed by atoms with E-state index in [4.69, 9.17) is 5.73 Å². The van der Waals surface area contributed by atoms with Gasteiger partial charge in [-0.05, 0) is 30.0 Å². The zero-order valence-electron chi connectivity index (χ0n) is 10.8. The van der Waals surface area contributed by atoms with Crippen molar-refractivity contribution in [1.82, 2.24) is 4.72 Å². The Labute approximate surface area is 125 Å². The summed E-state index contributed by atoms with van der Waals surface area (Å²) in [5.41, 5.74) is 1.31. The molecule has 1 rings (SSSR count). The third-order valence-electron chi connectivity index (χ3n) is 2.14. The number of hydrogen-bond acceptors (Lipinski definition) is 4. The summed E-state index contributed by atoms with van der Waals surface area (Å²) in [5, 5.41) is 0. The van der Waals surface area contributed by atoms with Gasteiger partial charge in [0.05, 0.1) is 11.4 Å². The van der Waals surface area contributed by atoms with Crippen LogP contribution in [-0.2, 0) is 10.0 Å². The number of alkyl halides is 3. The summed E-state index contributed by atoms with van der Waals surface area (Å²) in [7, 11) is -3.86. The molecule has 1 aromatic carbocycles. The van der Waals surface area contributed by atoms with Crippen LogP contribution < -0.4 is 10.5 Å². The maximum atomic E-state index is 11.9. The summed E-state index contributed by atoms with van der Waals surface area (Å²) < 4.78 is 61.7. The highest BCUT2D eigenvalue weighted by atomic mass is 32.2. The molecule has 0 atom stereocenters. The highest BCUT2D eigenvalue weighted by molar-refractivity contribution is 8.00. The number of sulfonamides is 1. The fraction of sp³-hybridized carbons (Fsp3) is 0.333. The van der Waals surface area contributed by atoms with Gasteiger partial charge in [-0.3, -0.25) is 0 Å². The van der Waals surface area contributed by atoms with E-state index >= 15 is 0 Å². The van der Waals surface area contributed by atoms with Gasteiger partial charge in [-0.25, -0.2) is 13.1 Å². The van der Waals surface area contributed by atoms with Crippen LogP contribution in [-0.4, -0.2) is 32.8 Å². The number of thioether (sulfide) groups is 1. The number of hydrogen-bond donors (Lipinski definition) is 2. The average molecular weight is 338 g/mol. The third kappa shape index (κ3) is 6.86. The van der Waals surface area contributed by atoms with Crippen LogP contribution in [0.2, 0.25) is 0 Å². The Morgan fingerprint density at radius 1 is 1.33 bits per heavy atom. The Bertz CT molecular complexity index is 634. The molecular weight excluding hydrogens is 325 g/mol. The van der Waals surface area contributed by atoms with Crippen molar-refractivity contribution in [2.24, 2.45) is 5.73 Å². The molecule has 0 fully saturated rings. The van der Waals surface area contributed by atoms with Crippen molar-refractivity contribution in [2.45, 2.75) is 10.4 Å². The molecule has 0 saturated carbocycles. The van der Waals surface area contributed by atoms with Crippen molar-refractivity contribution in [1.29, 1.82) is 0 Å². The lowest BCUT2D eigenvalue weighted by atomic mass is 10.2. The first-order valence-electron chi connectivity index (χ1n) is 5.74. The molecule has 0 spiro atoms. The Morgan fingerprint density at radius 3 is 2.67 bits per heavy atom. The van der Waals surface area contributed by atoms with Crippen molar-refractivity contribution in [2.75, 3.05) is 18.8 Å². The Balaban J connectivity index is 2.70. The molecule has 0 bridgehead atoms. The van der Waals surface area contributed by atoms with Gasteiger partial charge in [0.15, 0.2) is 0 Å². The summed E-state index contributed by atoms with van der Waals surface area (Å²) in [4.78, 5) is -0.0525. The van der Waals surface area contributed by atoms with E-state index in [-0.39, 0.29) is 29.7 Å². The van der Waals surface area contributed by atoms with Crippen molar-refractivity contribution in [3.05, 3.63) is 29.8 Å². The quantitative estimate of drug-likeness (QED) is 0.631. The number of nitrogens with one attached hydrogen (secondary N) is 1. The molecule has 0 aliphatic rings. The van der Waals surface area contributed by atoms with Crippen molar-refractivity contribution < 1.29 is 21.6 Å². The molecule has 21 heavy (non-hydrogen) atoms. The van der Waals surface area contributed by atoms with Crippen LogP contribution in [0.5, 0.6) is 0 Å². The predicted molar refractivity (Wildman–Crippen MR) is 76.1 cm³/mol. The Hall–Kier alpha value is -1.21. The van der Waals surface area contributed by atoms with E-state index in [2.05, 4.69) is 16.6 Å². The summed E-state index contributed by atoms with van der Waals surface area (Å²) in [6.07, 6.45) is 0. The molecule has 3 N–H and O–H groups in total. The fourth-order valence-electron chi connectivity index (χ4n) is 1.32. The lowest BCUT2D eigenvalue weighted by Crippen LogP contribution is -2.26. The van der Waals surface area contributed by atoms with Gasteiger partial charge in [0.2, 0.25) is 10.0 Å². The van der Waals surface area contributed by atoms with Crippen LogP contribution >= 0.6 is 11.8 Å². The second kappa shape index (κ2) is 7.70. The molecule has 0 aliphatic carbocycles. The van der Waals surface area contributed by atoms with Crippen molar-refractivity contribution in [3.63, 3.8) is 0 Å². The van der Waals surface area contributed by atoms with Crippen LogP contribution in [0, 0.1) is 11.8 Å². The minimum Gasteiger partial charge on any atom is -0.320 e. The molecule has 0 radical (unpaired) electrons. The topological polar surface area (TPSA) is 72.2 Å². The van der Waals surface area contributed by atoms with Crippen LogP contribution in [0.4, 0.5) is 13.2 Å². The van der Waals surface area contributed by atoms with E-state index in [0.29, 0.717) is 5.56 Å². The van der Waals surface area contributed by atoms with Gasteiger partial charge < -0.3 is 5.73 Å². The Kier molecular flexibility index (Phi) is 6.54. The molecule has 0 amide bonds. The fourth-order valence-corrected chi connectivity index (χ4v) is 2.96. The van der Waals surface area contributed by atoms with E-state index in [0.717, 1.165) is 0 Å². The van der Waals surface area contributed by atoms with Crippen LogP contribution in [0.1, 0.15) is 5.56 Å². The zero-order valence-corrected chi connectivity index (χ0v) is 12.4. The third-order valence-corrected chi connectivity index (χ3v) is 4.33. The molecule has 0 saturated heterocycles. The minimum absolute atomic E-state index is 0.0525. The van der Waals surface area contributed by atoms with Gasteiger partial charge in [-0.1, -0.05) is 17.9 Å². The van der Waals surface area contributed by atoms with Crippen molar-refractivity contribution in [3.8, 4) is 11.8 Å². The van der Waals surface area contributed by atoms with Crippen LogP contribution in [0.25, 0.3) is 0 Å². The molecule has 0 heterocycles. The summed E-state index contributed by atoms with van der Waals surface area (Å²) in [5.74, 6) is 4.88. The van der Waals surface area contributed by atoms with Gasteiger partial charge in [0.1, 0.15) is 0 Å². The zero-order chi connectivity index (χ0) is 15.9. The van der Waals surface area contributed by atoms with E-state index in [9.17, 15) is 21.6 Å². The standard InChI is InChI=1S/C12H13F3N2O2S2/c13-12(14,15)20-8-7-17-21(18,19)11-5-1-3-10(9-11)4-2-6-16/h1,3,5,9,17H,6-8,16H2. The van der Waals surface area contributed by atoms with Gasteiger partial charge >= 0.3 is 5.51 Å². The van der Waals surface area contributed by atoms with Gasteiger partial charge in [-0.15, -0.1) is 0 Å². The first-order chi connectivity index (χ1) is 9.74. The lowest BCUT2D eigenvalue weighted by molar-refractivity contribution is -0.0327. The normalized spacial score (nSPS) is 11.8. The predicted octanol–water partition coefficient (Wildman–Crippen LogP) is 1.53. The number of nitrogens with two attached hydrogens (primary N) is 1. The number of halogens is 3. The SMILES string of the molecule is NCC#Cc1cccc(S(=O)(=O)NCCSC(F)(F)F)c1. The van der Waals surface area contributed by atoms with Crippen LogP contribution in [0.15, 0.2) is 29.2 Å². The highest BCUT2D eigenvalue weighted by Gasteiger charge is 2.27. The molecule has 0 unspecified atom stereocenters. The molecule has 4 nitrogen and oxygen atoms in total. The van der Waals surface area contributed by atoms with E-state index < -0.39 is 21.3 Å². The molecular formula is C12H13F3N2O2S2. The monoisotopic (exact) mass is 338 g/mol. The highest BCUT2D eigenvalue weighted by Crippen LogP contribution is 2.29. The maximum absolute atomic E-state index is 11.9. The average Bonchev–Trinajstić information content (AvgIpc) is 2.41. The van der Waals surface area contributed by atoms with Crippen LogP contribution in [0.3, 0.4) is 0 Å².